The van der Waals surface area contributed by atoms with Crippen LogP contribution >= 0.6 is 22.6 Å². The minimum Gasteiger partial charge on any atom is -0.365 e. The topological polar surface area (TPSA) is 15.8 Å². The van der Waals surface area contributed by atoms with Crippen molar-refractivity contribution in [3.63, 3.8) is 0 Å². The van der Waals surface area contributed by atoms with Gasteiger partial charge in [-0.25, -0.2) is 0 Å². The van der Waals surface area contributed by atoms with Gasteiger partial charge in [-0.2, -0.15) is 0 Å². The molecule has 0 spiro atoms. The molecule has 0 aromatic carbocycles. The lowest BCUT2D eigenvalue weighted by molar-refractivity contribution is 1.09. The fourth-order valence-corrected chi connectivity index (χ4v) is 1.21. The second-order valence-corrected chi connectivity index (χ2v) is 2.71. The molecule has 1 N–H and O–H groups in total. The fourth-order valence-electron chi connectivity index (χ4n) is 0.625. The molecule has 0 aliphatic rings. The van der Waals surface area contributed by atoms with Crippen LogP contribution in [-0.2, 0) is 6.42 Å². The molecule has 1 aromatic rings. The molecule has 1 heterocycles. The summed E-state index contributed by atoms with van der Waals surface area (Å²) in [7, 11) is 0. The third-order valence-corrected chi connectivity index (χ3v) is 1.57. The van der Waals surface area contributed by atoms with Gasteiger partial charge in [-0.05, 0) is 18.6 Å². The predicted molar refractivity (Wildman–Crippen MR) is 43.4 cm³/mol. The Morgan fingerprint density at radius 1 is 1.62 bits per heavy atom. The number of rotatable bonds is 2. The average molecular weight is 221 g/mol. The quantitative estimate of drug-likeness (QED) is 0.580. The molecule has 0 aliphatic carbocycles. The van der Waals surface area contributed by atoms with E-state index in [1.165, 1.54) is 10.1 Å². The van der Waals surface area contributed by atoms with Crippen LogP contribution in [0.25, 0.3) is 0 Å². The minimum absolute atomic E-state index is 1.16. The van der Waals surface area contributed by atoms with Crippen molar-refractivity contribution in [2.75, 3.05) is 4.43 Å². The molecule has 0 bridgehead atoms. The number of alkyl halides is 1. The van der Waals surface area contributed by atoms with E-state index in [0.29, 0.717) is 0 Å². The molecule has 1 rings (SSSR count). The van der Waals surface area contributed by atoms with Crippen molar-refractivity contribution in [2.24, 2.45) is 0 Å². The smallest absolute Gasteiger partial charge is 0.0154 e. The number of aromatic amines is 1. The largest absolute Gasteiger partial charge is 0.365 e. The van der Waals surface area contributed by atoms with Crippen LogP contribution in [0.1, 0.15) is 5.69 Å². The second-order valence-electron chi connectivity index (χ2n) is 1.63. The van der Waals surface area contributed by atoms with Gasteiger partial charge in [-0.3, -0.25) is 0 Å². The Hall–Kier alpha value is 0.01000. The van der Waals surface area contributed by atoms with Gasteiger partial charge in [0.05, 0.1) is 0 Å². The van der Waals surface area contributed by atoms with Gasteiger partial charge in [0.25, 0.3) is 0 Å². The summed E-state index contributed by atoms with van der Waals surface area (Å²) in [6.07, 6.45) is 3.12. The Morgan fingerprint density at radius 3 is 3.00 bits per heavy atom. The highest BCUT2D eigenvalue weighted by Crippen LogP contribution is 1.97. The molecule has 0 unspecified atom stereocenters. The van der Waals surface area contributed by atoms with Crippen LogP contribution in [0.4, 0.5) is 0 Å². The van der Waals surface area contributed by atoms with Crippen LogP contribution in [0.3, 0.4) is 0 Å². The summed E-state index contributed by atoms with van der Waals surface area (Å²) in [5.41, 5.74) is 1.33. The summed E-state index contributed by atoms with van der Waals surface area (Å²) in [5, 5.41) is 0. The lowest BCUT2D eigenvalue weighted by Gasteiger charge is -1.86. The van der Waals surface area contributed by atoms with Gasteiger partial charge < -0.3 is 4.98 Å². The van der Waals surface area contributed by atoms with Gasteiger partial charge in [0, 0.05) is 16.3 Å². The van der Waals surface area contributed by atoms with E-state index in [4.69, 9.17) is 0 Å². The van der Waals surface area contributed by atoms with Crippen molar-refractivity contribution >= 4 is 22.6 Å². The van der Waals surface area contributed by atoms with Crippen molar-refractivity contribution < 1.29 is 0 Å². The molecule has 44 valence electrons. The van der Waals surface area contributed by atoms with Crippen molar-refractivity contribution in [1.82, 2.24) is 4.98 Å². The number of hydrogen-bond donors (Lipinski definition) is 1. The molecule has 0 radical (unpaired) electrons. The predicted octanol–water partition coefficient (Wildman–Crippen LogP) is 1.99. The highest BCUT2D eigenvalue weighted by Gasteiger charge is 1.86. The highest BCUT2D eigenvalue weighted by molar-refractivity contribution is 14.1. The van der Waals surface area contributed by atoms with Crippen molar-refractivity contribution in [3.8, 4) is 0 Å². The molecule has 0 atom stereocenters. The Labute approximate surface area is 62.6 Å². The third-order valence-electron chi connectivity index (χ3n) is 1.03. The number of aryl methyl sites for hydroxylation is 1. The normalized spacial score (nSPS) is 9.62. The zero-order valence-corrected chi connectivity index (χ0v) is 6.68. The molecule has 8 heavy (non-hydrogen) atoms. The Morgan fingerprint density at radius 2 is 2.50 bits per heavy atom. The third kappa shape index (κ3) is 1.51. The molecule has 1 aromatic heterocycles. The van der Waals surface area contributed by atoms with Crippen molar-refractivity contribution in [2.45, 2.75) is 6.42 Å². The van der Waals surface area contributed by atoms with Crippen LogP contribution in [0.15, 0.2) is 18.3 Å². The molecule has 0 fully saturated rings. The summed E-state index contributed by atoms with van der Waals surface area (Å²) < 4.78 is 1.19. The van der Waals surface area contributed by atoms with Crippen molar-refractivity contribution in [3.05, 3.63) is 24.0 Å². The monoisotopic (exact) mass is 221 g/mol. The van der Waals surface area contributed by atoms with Crippen LogP contribution in [0.2, 0.25) is 0 Å². The first-order chi connectivity index (χ1) is 3.93. The molecule has 0 aliphatic heterocycles. The van der Waals surface area contributed by atoms with Gasteiger partial charge in [-0.1, -0.05) is 22.6 Å². The average Bonchev–Trinajstić information content (AvgIpc) is 2.19. The van der Waals surface area contributed by atoms with Crippen LogP contribution in [0.5, 0.6) is 0 Å². The molecule has 0 saturated carbocycles. The number of hydrogen-bond acceptors (Lipinski definition) is 0. The molecule has 2 heteroatoms. The fraction of sp³-hybridized carbons (Fsp3) is 0.333. The first kappa shape index (κ1) is 6.13. The zero-order valence-electron chi connectivity index (χ0n) is 4.52. The highest BCUT2D eigenvalue weighted by atomic mass is 127. The van der Waals surface area contributed by atoms with E-state index in [2.05, 4.69) is 33.6 Å². The first-order valence-corrected chi connectivity index (χ1v) is 4.14. The van der Waals surface area contributed by atoms with E-state index >= 15 is 0 Å². The molecular weight excluding hydrogens is 213 g/mol. The summed E-state index contributed by atoms with van der Waals surface area (Å²) in [6.45, 7) is 0. The van der Waals surface area contributed by atoms with E-state index in [1.54, 1.807) is 0 Å². The van der Waals surface area contributed by atoms with Crippen LogP contribution < -0.4 is 0 Å². The van der Waals surface area contributed by atoms with Gasteiger partial charge in [-0.15, -0.1) is 0 Å². The SMILES string of the molecule is ICCc1ccc[nH]1. The molecule has 0 saturated heterocycles. The Balaban J connectivity index is 2.50. The van der Waals surface area contributed by atoms with E-state index in [-0.39, 0.29) is 0 Å². The van der Waals surface area contributed by atoms with Gasteiger partial charge in [0.1, 0.15) is 0 Å². The molecular formula is C6H8IN. The lowest BCUT2D eigenvalue weighted by atomic mass is 10.3. The van der Waals surface area contributed by atoms with E-state index in [9.17, 15) is 0 Å². The van der Waals surface area contributed by atoms with Gasteiger partial charge in [0.15, 0.2) is 0 Å². The summed E-state index contributed by atoms with van der Waals surface area (Å²) in [5.74, 6) is 0. The van der Waals surface area contributed by atoms with Crippen molar-refractivity contribution in [1.29, 1.82) is 0 Å². The molecule has 1 nitrogen and oxygen atoms in total. The first-order valence-electron chi connectivity index (χ1n) is 2.61. The van der Waals surface area contributed by atoms with E-state index in [0.717, 1.165) is 6.42 Å². The summed E-state index contributed by atoms with van der Waals surface area (Å²) in [6, 6.07) is 4.14. The second kappa shape index (κ2) is 3.12. The maximum absolute atomic E-state index is 3.13. The summed E-state index contributed by atoms with van der Waals surface area (Å²) in [4.78, 5) is 3.13. The van der Waals surface area contributed by atoms with E-state index in [1.807, 2.05) is 12.3 Å². The molecule has 0 amide bonds. The zero-order chi connectivity index (χ0) is 5.82. The van der Waals surface area contributed by atoms with Gasteiger partial charge in [0.2, 0.25) is 0 Å². The standard InChI is InChI=1S/C6H8IN/c7-4-3-6-2-1-5-8-6/h1-2,5,8H,3-4H2. The van der Waals surface area contributed by atoms with Crippen LogP contribution in [0, 0.1) is 0 Å². The summed E-state index contributed by atoms with van der Waals surface area (Å²) >= 11 is 2.37. The Bertz CT molecular complexity index is 134. The Kier molecular flexibility index (Phi) is 2.39. The maximum Gasteiger partial charge on any atom is 0.0154 e. The van der Waals surface area contributed by atoms with Crippen LogP contribution in [-0.4, -0.2) is 9.41 Å². The number of aromatic nitrogens is 1. The van der Waals surface area contributed by atoms with E-state index < -0.39 is 0 Å². The maximum atomic E-state index is 3.13. The number of halogens is 1. The minimum atomic E-state index is 1.16. The number of nitrogens with one attached hydrogen (secondary N) is 1. The lowest BCUT2D eigenvalue weighted by Crippen LogP contribution is -1.82. The van der Waals surface area contributed by atoms with Gasteiger partial charge >= 0.3 is 0 Å². The number of H-pyrrole nitrogens is 1.